The quantitative estimate of drug-likeness (QED) is 0.640. The van der Waals surface area contributed by atoms with Crippen LogP contribution in [0, 0.1) is 0 Å². The van der Waals surface area contributed by atoms with Crippen molar-refractivity contribution in [3.8, 4) is 0 Å². The summed E-state index contributed by atoms with van der Waals surface area (Å²) in [5.74, 6) is 0.569. The third-order valence-corrected chi connectivity index (χ3v) is 1.54. The molecule has 0 aromatic rings. The topological polar surface area (TPSA) is 29.5 Å². The van der Waals surface area contributed by atoms with Crippen molar-refractivity contribution in [2.75, 3.05) is 19.5 Å². The van der Waals surface area contributed by atoms with E-state index in [4.69, 9.17) is 16.3 Å². The Morgan fingerprint density at radius 1 is 1.58 bits per heavy atom. The van der Waals surface area contributed by atoms with Gasteiger partial charge in [0.15, 0.2) is 0 Å². The predicted octanol–water partition coefficient (Wildman–Crippen LogP) is 2.09. The molecule has 0 heterocycles. The molecule has 0 aliphatic rings. The number of halogens is 1. The summed E-state index contributed by atoms with van der Waals surface area (Å²) in [7, 11) is 1.71. The van der Waals surface area contributed by atoms with E-state index in [0.29, 0.717) is 12.4 Å². The lowest BCUT2D eigenvalue weighted by molar-refractivity contribution is 0.0842. The van der Waals surface area contributed by atoms with Crippen LogP contribution in [-0.2, 0) is 4.74 Å². The van der Waals surface area contributed by atoms with Gasteiger partial charge in [-0.25, -0.2) is 4.79 Å². The second-order valence-corrected chi connectivity index (χ2v) is 3.27. The largest absolute Gasteiger partial charge is 0.447 e. The molecule has 0 fully saturated rings. The molecule has 72 valence electrons. The number of carbonyl (C=O) groups excluding carboxylic acids is 1. The highest BCUT2D eigenvalue weighted by Crippen LogP contribution is 1.97. The Balaban J connectivity index is 3.61. The third kappa shape index (κ3) is 5.24. The minimum Gasteiger partial charge on any atom is -0.447 e. The summed E-state index contributed by atoms with van der Waals surface area (Å²) in [5, 5.41) is 0. The predicted molar refractivity (Wildman–Crippen MR) is 49.6 cm³/mol. The third-order valence-electron chi connectivity index (χ3n) is 1.28. The van der Waals surface area contributed by atoms with Crippen molar-refractivity contribution in [2.45, 2.75) is 26.4 Å². The highest BCUT2D eigenvalue weighted by atomic mass is 35.5. The van der Waals surface area contributed by atoms with E-state index in [0.717, 1.165) is 6.42 Å². The van der Waals surface area contributed by atoms with Crippen LogP contribution in [0.4, 0.5) is 4.79 Å². The number of amides is 1. The van der Waals surface area contributed by atoms with Gasteiger partial charge in [0.1, 0.15) is 0 Å². The van der Waals surface area contributed by atoms with Gasteiger partial charge in [-0.3, -0.25) is 0 Å². The van der Waals surface area contributed by atoms with Gasteiger partial charge in [0.05, 0.1) is 6.10 Å². The first-order valence-corrected chi connectivity index (χ1v) is 4.59. The number of hydrogen-bond acceptors (Lipinski definition) is 2. The Labute approximate surface area is 78.6 Å². The average Bonchev–Trinajstić information content (AvgIpc) is 1.98. The fourth-order valence-electron chi connectivity index (χ4n) is 0.680. The Morgan fingerprint density at radius 2 is 2.17 bits per heavy atom. The van der Waals surface area contributed by atoms with E-state index in [9.17, 15) is 4.79 Å². The molecule has 0 rings (SSSR count). The molecule has 0 bridgehead atoms. The molecule has 0 N–H and O–H groups in total. The van der Waals surface area contributed by atoms with E-state index in [-0.39, 0.29) is 12.2 Å². The van der Waals surface area contributed by atoms with E-state index in [1.807, 2.05) is 13.8 Å². The highest BCUT2D eigenvalue weighted by molar-refractivity contribution is 6.17. The van der Waals surface area contributed by atoms with E-state index >= 15 is 0 Å². The molecule has 0 unspecified atom stereocenters. The molecule has 0 aromatic heterocycles. The number of rotatable bonds is 4. The molecular weight excluding hydrogens is 178 g/mol. The molecule has 0 aliphatic carbocycles. The number of hydrogen-bond donors (Lipinski definition) is 0. The standard InChI is InChI=1S/C8H16ClNO2/c1-7(2)12-8(11)10(3)6-4-5-9/h7H,4-6H2,1-3H3. The van der Waals surface area contributed by atoms with Crippen molar-refractivity contribution in [3.63, 3.8) is 0 Å². The molecule has 3 nitrogen and oxygen atoms in total. The van der Waals surface area contributed by atoms with Crippen molar-refractivity contribution < 1.29 is 9.53 Å². The molecule has 1 amide bonds. The second-order valence-electron chi connectivity index (χ2n) is 2.90. The molecule has 0 saturated carbocycles. The zero-order valence-electron chi connectivity index (χ0n) is 7.84. The van der Waals surface area contributed by atoms with Gasteiger partial charge in [-0.2, -0.15) is 0 Å². The average molecular weight is 194 g/mol. The molecule has 12 heavy (non-hydrogen) atoms. The first-order valence-electron chi connectivity index (χ1n) is 4.05. The fourth-order valence-corrected chi connectivity index (χ4v) is 0.799. The summed E-state index contributed by atoms with van der Waals surface area (Å²) in [6.45, 7) is 4.30. The van der Waals surface area contributed by atoms with Gasteiger partial charge in [0, 0.05) is 19.5 Å². The van der Waals surface area contributed by atoms with Crippen molar-refractivity contribution in [3.05, 3.63) is 0 Å². The number of ether oxygens (including phenoxy) is 1. The maximum atomic E-state index is 11.1. The Morgan fingerprint density at radius 3 is 2.58 bits per heavy atom. The number of carbonyl (C=O) groups is 1. The van der Waals surface area contributed by atoms with Crippen LogP contribution in [-0.4, -0.2) is 36.6 Å². The van der Waals surface area contributed by atoms with Crippen LogP contribution < -0.4 is 0 Å². The molecule has 4 heteroatoms. The summed E-state index contributed by atoms with van der Waals surface area (Å²) < 4.78 is 4.95. The zero-order chi connectivity index (χ0) is 9.56. The summed E-state index contributed by atoms with van der Waals surface area (Å²) >= 11 is 5.48. The summed E-state index contributed by atoms with van der Waals surface area (Å²) in [6.07, 6.45) is 0.455. The lowest BCUT2D eigenvalue weighted by Crippen LogP contribution is -2.30. The Kier molecular flexibility index (Phi) is 5.89. The van der Waals surface area contributed by atoms with Gasteiger partial charge in [-0.05, 0) is 20.3 Å². The van der Waals surface area contributed by atoms with Crippen molar-refractivity contribution in [1.82, 2.24) is 4.90 Å². The fraction of sp³-hybridized carbons (Fsp3) is 0.875. The van der Waals surface area contributed by atoms with Gasteiger partial charge in [-0.1, -0.05) is 0 Å². The van der Waals surface area contributed by atoms with Crippen LogP contribution in [0.5, 0.6) is 0 Å². The summed E-state index contributed by atoms with van der Waals surface area (Å²) in [4.78, 5) is 12.7. The lowest BCUT2D eigenvalue weighted by Gasteiger charge is -2.17. The van der Waals surface area contributed by atoms with Crippen molar-refractivity contribution in [2.24, 2.45) is 0 Å². The molecule has 0 aromatic carbocycles. The maximum Gasteiger partial charge on any atom is 0.409 e. The van der Waals surface area contributed by atoms with Crippen molar-refractivity contribution >= 4 is 17.7 Å². The maximum absolute atomic E-state index is 11.1. The highest BCUT2D eigenvalue weighted by Gasteiger charge is 2.10. The first kappa shape index (κ1) is 11.6. The second kappa shape index (κ2) is 6.12. The molecule has 0 atom stereocenters. The van der Waals surface area contributed by atoms with Crippen LogP contribution in [0.1, 0.15) is 20.3 Å². The van der Waals surface area contributed by atoms with Gasteiger partial charge in [0.2, 0.25) is 0 Å². The van der Waals surface area contributed by atoms with Crippen LogP contribution in [0.25, 0.3) is 0 Å². The normalized spacial score (nSPS) is 10.1. The molecule has 0 aliphatic heterocycles. The van der Waals surface area contributed by atoms with Crippen LogP contribution in [0.15, 0.2) is 0 Å². The van der Waals surface area contributed by atoms with Gasteiger partial charge >= 0.3 is 6.09 Å². The van der Waals surface area contributed by atoms with E-state index in [1.54, 1.807) is 7.05 Å². The Hall–Kier alpha value is -0.440. The summed E-state index contributed by atoms with van der Waals surface area (Å²) in [6, 6.07) is 0. The lowest BCUT2D eigenvalue weighted by atomic mass is 10.4. The molecule has 0 radical (unpaired) electrons. The van der Waals surface area contributed by atoms with Crippen LogP contribution in [0.3, 0.4) is 0 Å². The van der Waals surface area contributed by atoms with Crippen LogP contribution in [0.2, 0.25) is 0 Å². The van der Waals surface area contributed by atoms with Gasteiger partial charge in [0.25, 0.3) is 0 Å². The zero-order valence-corrected chi connectivity index (χ0v) is 8.60. The van der Waals surface area contributed by atoms with E-state index < -0.39 is 0 Å². The Bertz CT molecular complexity index is 139. The smallest absolute Gasteiger partial charge is 0.409 e. The molecule has 0 saturated heterocycles. The first-order chi connectivity index (χ1) is 5.57. The summed E-state index contributed by atoms with van der Waals surface area (Å²) in [5.41, 5.74) is 0. The van der Waals surface area contributed by atoms with Gasteiger partial charge < -0.3 is 9.64 Å². The van der Waals surface area contributed by atoms with E-state index in [1.165, 1.54) is 4.90 Å². The minimum atomic E-state index is -0.282. The molecular formula is C8H16ClNO2. The molecule has 0 spiro atoms. The SMILES string of the molecule is CC(C)OC(=O)N(C)CCCCl. The number of nitrogens with zero attached hydrogens (tertiary/aromatic N) is 1. The monoisotopic (exact) mass is 193 g/mol. The van der Waals surface area contributed by atoms with Gasteiger partial charge in [-0.15, -0.1) is 11.6 Å². The van der Waals surface area contributed by atoms with Crippen LogP contribution >= 0.6 is 11.6 Å². The minimum absolute atomic E-state index is 0.0593. The number of alkyl halides is 1. The van der Waals surface area contributed by atoms with Crippen molar-refractivity contribution in [1.29, 1.82) is 0 Å². The van der Waals surface area contributed by atoms with E-state index in [2.05, 4.69) is 0 Å².